The molecule has 1 saturated heterocycles. The van der Waals surface area contributed by atoms with Gasteiger partial charge in [0.05, 0.1) is 21.5 Å². The zero-order valence-electron chi connectivity index (χ0n) is 13.2. The van der Waals surface area contributed by atoms with E-state index in [1.54, 1.807) is 0 Å². The molecule has 140 valence electrons. The quantitative estimate of drug-likeness (QED) is 0.568. The summed E-state index contributed by atoms with van der Waals surface area (Å²) >= 11 is 2.08. The van der Waals surface area contributed by atoms with Crippen molar-refractivity contribution in [1.82, 2.24) is 10.2 Å². The molecule has 1 unspecified atom stereocenters. The van der Waals surface area contributed by atoms with Crippen molar-refractivity contribution < 1.29 is 22.8 Å². The fraction of sp³-hybridized carbons (Fsp3) is 0.429. The molecule has 1 aromatic heterocycles. The van der Waals surface area contributed by atoms with E-state index in [0.717, 1.165) is 43.3 Å². The third-order valence-corrected chi connectivity index (χ3v) is 5.59. The Balaban J connectivity index is 1.71. The average molecular weight is 406 g/mol. The highest BCUT2D eigenvalue weighted by molar-refractivity contribution is 8.01. The first kappa shape index (κ1) is 18.9. The van der Waals surface area contributed by atoms with Crippen LogP contribution in [0.25, 0.3) is 0 Å². The molecule has 12 heteroatoms. The summed E-state index contributed by atoms with van der Waals surface area (Å²) in [5, 5.41) is 22.6. The van der Waals surface area contributed by atoms with Crippen LogP contribution in [0.3, 0.4) is 0 Å². The van der Waals surface area contributed by atoms with E-state index in [-0.39, 0.29) is 11.0 Å². The second kappa shape index (κ2) is 7.76. The maximum Gasteiger partial charge on any atom is 0.416 e. The maximum atomic E-state index is 12.7. The minimum atomic E-state index is -4.64. The summed E-state index contributed by atoms with van der Waals surface area (Å²) in [5.74, 6) is 0. The number of rotatable bonds is 6. The van der Waals surface area contributed by atoms with E-state index < -0.39 is 22.4 Å². The Morgan fingerprint density at radius 1 is 1.42 bits per heavy atom. The highest BCUT2D eigenvalue weighted by Gasteiger charge is 2.33. The molecule has 3 rings (SSSR count). The molecule has 0 amide bonds. The SMILES string of the molecule is O=[N+]([O-])c1cc(C(F)(F)F)ccc1Sc1nnc(NCC2CCCO2)s1. The van der Waals surface area contributed by atoms with Gasteiger partial charge in [-0.15, -0.1) is 10.2 Å². The molecule has 2 heterocycles. The molecule has 1 fully saturated rings. The number of ether oxygens (including phenoxy) is 1. The average Bonchev–Trinajstić information content (AvgIpc) is 3.23. The number of aromatic nitrogens is 2. The normalized spacial score (nSPS) is 17.4. The third kappa shape index (κ3) is 4.62. The predicted molar refractivity (Wildman–Crippen MR) is 89.6 cm³/mol. The molecule has 1 aromatic carbocycles. The maximum absolute atomic E-state index is 12.7. The zero-order chi connectivity index (χ0) is 18.7. The van der Waals surface area contributed by atoms with Crippen LogP contribution in [0.4, 0.5) is 24.0 Å². The lowest BCUT2D eigenvalue weighted by atomic mass is 10.2. The van der Waals surface area contributed by atoms with E-state index in [1.165, 1.54) is 11.3 Å². The van der Waals surface area contributed by atoms with Gasteiger partial charge in [0, 0.05) is 19.2 Å². The molecule has 1 atom stereocenters. The van der Waals surface area contributed by atoms with Crippen molar-refractivity contribution in [2.75, 3.05) is 18.5 Å². The summed E-state index contributed by atoms with van der Waals surface area (Å²) in [6, 6.07) is 2.42. The van der Waals surface area contributed by atoms with Gasteiger partial charge in [0.2, 0.25) is 5.13 Å². The summed E-state index contributed by atoms with van der Waals surface area (Å²) in [5.41, 5.74) is -1.68. The Morgan fingerprint density at radius 2 is 2.23 bits per heavy atom. The largest absolute Gasteiger partial charge is 0.416 e. The summed E-state index contributed by atoms with van der Waals surface area (Å²) in [6.07, 6.45) is -2.55. The number of nitro benzene ring substituents is 1. The molecule has 0 saturated carbocycles. The molecule has 1 aliphatic rings. The standard InChI is InChI=1S/C14H13F3N4O3S2/c15-14(16,17)8-3-4-11(10(6-8)21(22)23)25-13-20-19-12(26-13)18-7-9-2-1-5-24-9/h3-4,6,9H,1-2,5,7H2,(H,18,19). The summed E-state index contributed by atoms with van der Waals surface area (Å²) < 4.78 is 44.1. The van der Waals surface area contributed by atoms with Gasteiger partial charge in [-0.2, -0.15) is 13.2 Å². The van der Waals surface area contributed by atoms with Crippen molar-refractivity contribution in [3.05, 3.63) is 33.9 Å². The van der Waals surface area contributed by atoms with Crippen LogP contribution >= 0.6 is 23.1 Å². The third-order valence-electron chi connectivity index (χ3n) is 3.59. The second-order valence-electron chi connectivity index (χ2n) is 5.43. The Hall–Kier alpha value is -1.92. The predicted octanol–water partition coefficient (Wildman–Crippen LogP) is 4.21. The van der Waals surface area contributed by atoms with Gasteiger partial charge in [-0.25, -0.2) is 0 Å². The van der Waals surface area contributed by atoms with Gasteiger partial charge in [0.25, 0.3) is 5.69 Å². The monoisotopic (exact) mass is 406 g/mol. The van der Waals surface area contributed by atoms with Crippen LogP contribution in [0.1, 0.15) is 18.4 Å². The fourth-order valence-corrected chi connectivity index (χ4v) is 4.15. The second-order valence-corrected chi connectivity index (χ2v) is 7.70. The molecule has 2 aromatic rings. The molecule has 26 heavy (non-hydrogen) atoms. The lowest BCUT2D eigenvalue weighted by molar-refractivity contribution is -0.388. The van der Waals surface area contributed by atoms with Gasteiger partial charge in [-0.05, 0) is 36.7 Å². The van der Waals surface area contributed by atoms with E-state index in [0.29, 0.717) is 22.1 Å². The van der Waals surface area contributed by atoms with Crippen LogP contribution in [-0.2, 0) is 10.9 Å². The molecular weight excluding hydrogens is 393 g/mol. The van der Waals surface area contributed by atoms with Crippen molar-refractivity contribution in [2.45, 2.75) is 34.4 Å². The van der Waals surface area contributed by atoms with E-state index in [2.05, 4.69) is 15.5 Å². The highest BCUT2D eigenvalue weighted by atomic mass is 32.2. The Kier molecular flexibility index (Phi) is 5.63. The highest BCUT2D eigenvalue weighted by Crippen LogP contribution is 2.40. The lowest BCUT2D eigenvalue weighted by Gasteiger charge is -2.08. The number of nitro groups is 1. The van der Waals surface area contributed by atoms with Crippen LogP contribution < -0.4 is 5.32 Å². The number of anilines is 1. The van der Waals surface area contributed by atoms with Crippen LogP contribution in [0, 0.1) is 10.1 Å². The van der Waals surface area contributed by atoms with E-state index in [4.69, 9.17) is 4.74 Å². The number of nitrogens with one attached hydrogen (secondary N) is 1. The number of hydrogen-bond donors (Lipinski definition) is 1. The minimum absolute atomic E-state index is 0.0739. The number of benzene rings is 1. The van der Waals surface area contributed by atoms with Gasteiger partial charge in [-0.3, -0.25) is 10.1 Å². The van der Waals surface area contributed by atoms with Gasteiger partial charge >= 0.3 is 6.18 Å². The first-order chi connectivity index (χ1) is 12.3. The van der Waals surface area contributed by atoms with Gasteiger partial charge < -0.3 is 10.1 Å². The van der Waals surface area contributed by atoms with Crippen LogP contribution in [-0.4, -0.2) is 34.4 Å². The van der Waals surface area contributed by atoms with Crippen molar-refractivity contribution in [1.29, 1.82) is 0 Å². The summed E-state index contributed by atoms with van der Waals surface area (Å²) in [7, 11) is 0. The van der Waals surface area contributed by atoms with Crippen molar-refractivity contribution in [2.24, 2.45) is 0 Å². The molecule has 0 bridgehead atoms. The van der Waals surface area contributed by atoms with E-state index in [1.807, 2.05) is 0 Å². The van der Waals surface area contributed by atoms with Crippen LogP contribution in [0.15, 0.2) is 27.4 Å². The van der Waals surface area contributed by atoms with Crippen molar-refractivity contribution in [3.8, 4) is 0 Å². The van der Waals surface area contributed by atoms with Crippen molar-refractivity contribution in [3.63, 3.8) is 0 Å². The van der Waals surface area contributed by atoms with Gasteiger partial charge in [-0.1, -0.05) is 11.3 Å². The van der Waals surface area contributed by atoms with Crippen LogP contribution in [0.2, 0.25) is 0 Å². The first-order valence-electron chi connectivity index (χ1n) is 7.55. The van der Waals surface area contributed by atoms with Crippen LogP contribution in [0.5, 0.6) is 0 Å². The smallest absolute Gasteiger partial charge is 0.376 e. The first-order valence-corrected chi connectivity index (χ1v) is 9.18. The van der Waals surface area contributed by atoms with Gasteiger partial charge in [0.1, 0.15) is 0 Å². The zero-order valence-corrected chi connectivity index (χ0v) is 14.8. The number of alkyl halides is 3. The number of halogens is 3. The molecule has 7 nitrogen and oxygen atoms in total. The molecule has 0 radical (unpaired) electrons. The lowest BCUT2D eigenvalue weighted by Crippen LogP contribution is -2.18. The van der Waals surface area contributed by atoms with E-state index in [9.17, 15) is 23.3 Å². The Morgan fingerprint density at radius 3 is 2.88 bits per heavy atom. The molecule has 1 N–H and O–H groups in total. The summed E-state index contributed by atoms with van der Waals surface area (Å²) in [4.78, 5) is 10.3. The number of hydrogen-bond acceptors (Lipinski definition) is 8. The number of nitrogens with zero attached hydrogens (tertiary/aromatic N) is 3. The van der Waals surface area contributed by atoms with Crippen molar-refractivity contribution >= 4 is 33.9 Å². The molecule has 1 aliphatic heterocycles. The van der Waals surface area contributed by atoms with E-state index >= 15 is 0 Å². The topological polar surface area (TPSA) is 90.2 Å². The minimum Gasteiger partial charge on any atom is -0.376 e. The Labute approximate surface area is 154 Å². The fourth-order valence-electron chi connectivity index (χ4n) is 2.35. The molecular formula is C14H13F3N4O3S2. The summed E-state index contributed by atoms with van der Waals surface area (Å²) in [6.45, 7) is 1.32. The Bertz CT molecular complexity index is 794. The van der Waals surface area contributed by atoms with Gasteiger partial charge in [0.15, 0.2) is 4.34 Å². The molecule has 0 aliphatic carbocycles. The molecule has 0 spiro atoms.